The van der Waals surface area contributed by atoms with Crippen LogP contribution in [0, 0.1) is 0 Å². The Hall–Kier alpha value is -0.760. The van der Waals surface area contributed by atoms with Crippen LogP contribution in [0.2, 0.25) is 0 Å². The van der Waals surface area contributed by atoms with Gasteiger partial charge in [0.1, 0.15) is 12.7 Å². The molecule has 0 aromatic carbocycles. The highest BCUT2D eigenvalue weighted by molar-refractivity contribution is 7.80. The van der Waals surface area contributed by atoms with Crippen molar-refractivity contribution in [3.63, 3.8) is 0 Å². The van der Waals surface area contributed by atoms with Gasteiger partial charge in [-0.2, -0.15) is 0 Å². The molecule has 0 saturated carbocycles. The van der Waals surface area contributed by atoms with Crippen LogP contribution in [0.4, 0.5) is 0 Å². The van der Waals surface area contributed by atoms with Gasteiger partial charge in [-0.25, -0.2) is 0 Å². The van der Waals surface area contributed by atoms with E-state index in [0.29, 0.717) is 26.4 Å². The number of ether oxygens (including phenoxy) is 3. The van der Waals surface area contributed by atoms with E-state index in [9.17, 15) is 9.90 Å². The fourth-order valence-electron chi connectivity index (χ4n) is 0.910. The number of hydrogen-bond acceptors (Lipinski definition) is 6. The lowest BCUT2D eigenvalue weighted by molar-refractivity contribution is -0.138. The van der Waals surface area contributed by atoms with Gasteiger partial charge in [0.25, 0.3) is 0 Å². The number of thiocarbonyl (C=S) groups is 1. The number of carboxylic acid groups (broad SMARTS) is 1. The van der Waals surface area contributed by atoms with Crippen LogP contribution in [0.15, 0.2) is 0 Å². The molecular weight excluding hydrogens is 248 g/mol. The Kier molecular flexibility index (Phi) is 9.93. The molecule has 0 rings (SSSR count). The smallest absolute Gasteiger partial charge is 0.306 e. The second kappa shape index (κ2) is 10.4. The third kappa shape index (κ3) is 10.1. The molecule has 0 aliphatic rings. The van der Waals surface area contributed by atoms with Crippen molar-refractivity contribution in [2.45, 2.75) is 19.4 Å². The molecule has 100 valence electrons. The van der Waals surface area contributed by atoms with Crippen LogP contribution in [0.3, 0.4) is 0 Å². The summed E-state index contributed by atoms with van der Waals surface area (Å²) in [5.41, 5.74) is 0. The highest BCUT2D eigenvalue weighted by Crippen LogP contribution is 1.97. The zero-order valence-corrected chi connectivity index (χ0v) is 10.6. The zero-order chi connectivity index (χ0) is 13.1. The third-order valence-electron chi connectivity index (χ3n) is 1.69. The van der Waals surface area contributed by atoms with Gasteiger partial charge in [0.05, 0.1) is 26.2 Å². The summed E-state index contributed by atoms with van der Waals surface area (Å²) in [4.78, 5) is 10.3. The van der Waals surface area contributed by atoms with E-state index in [2.05, 4.69) is 0 Å². The van der Waals surface area contributed by atoms with E-state index in [0.717, 1.165) is 0 Å². The van der Waals surface area contributed by atoms with Crippen molar-refractivity contribution in [3.05, 3.63) is 0 Å². The molecule has 1 atom stereocenters. The summed E-state index contributed by atoms with van der Waals surface area (Å²) < 4.78 is 15.1. The van der Waals surface area contributed by atoms with Gasteiger partial charge in [0.2, 0.25) is 0 Å². The van der Waals surface area contributed by atoms with E-state index < -0.39 is 18.5 Å². The zero-order valence-electron chi connectivity index (χ0n) is 9.76. The van der Waals surface area contributed by atoms with Gasteiger partial charge < -0.3 is 24.4 Å². The standard InChI is InChI=1S/C10H18O6S/c1-2-14-3-4-15-5-6-16-10(17)8(11)7-9(12)13/h8,11H,2-7H2,1H3,(H,12,13). The Bertz CT molecular complexity index is 233. The number of hydrogen-bond donors (Lipinski definition) is 2. The summed E-state index contributed by atoms with van der Waals surface area (Å²) in [6.45, 7) is 4.01. The molecule has 7 heteroatoms. The first kappa shape index (κ1) is 16.2. The van der Waals surface area contributed by atoms with Crippen LogP contribution in [0.5, 0.6) is 0 Å². The minimum Gasteiger partial charge on any atom is -0.482 e. The monoisotopic (exact) mass is 266 g/mol. The summed E-state index contributed by atoms with van der Waals surface area (Å²) in [7, 11) is 0. The first-order valence-electron chi connectivity index (χ1n) is 5.30. The van der Waals surface area contributed by atoms with E-state index in [4.69, 9.17) is 31.5 Å². The molecule has 0 aliphatic carbocycles. The van der Waals surface area contributed by atoms with Crippen LogP contribution in [0.1, 0.15) is 13.3 Å². The molecule has 0 saturated heterocycles. The number of aliphatic hydroxyl groups excluding tert-OH is 1. The molecule has 17 heavy (non-hydrogen) atoms. The maximum absolute atomic E-state index is 10.3. The van der Waals surface area contributed by atoms with Crippen molar-refractivity contribution in [1.29, 1.82) is 0 Å². The van der Waals surface area contributed by atoms with Gasteiger partial charge in [-0.15, -0.1) is 0 Å². The predicted molar refractivity (Wildman–Crippen MR) is 64.1 cm³/mol. The van der Waals surface area contributed by atoms with Gasteiger partial charge in [-0.05, 0) is 19.1 Å². The minimum atomic E-state index is -1.26. The Balaban J connectivity index is 3.41. The SMILES string of the molecule is CCOCCOCCOC(=S)C(O)CC(=O)O. The predicted octanol–water partition coefficient (Wildman–Crippen LogP) is 0.219. The molecular formula is C10H18O6S. The maximum Gasteiger partial charge on any atom is 0.306 e. The minimum absolute atomic E-state index is 0.124. The highest BCUT2D eigenvalue weighted by atomic mass is 32.1. The van der Waals surface area contributed by atoms with E-state index in [-0.39, 0.29) is 11.7 Å². The Morgan fingerprint density at radius 1 is 1.24 bits per heavy atom. The number of carbonyl (C=O) groups is 1. The van der Waals surface area contributed by atoms with Gasteiger partial charge >= 0.3 is 5.97 Å². The second-order valence-corrected chi connectivity index (χ2v) is 3.49. The van der Waals surface area contributed by atoms with Crippen molar-refractivity contribution in [2.75, 3.05) is 33.0 Å². The first-order valence-corrected chi connectivity index (χ1v) is 5.70. The third-order valence-corrected chi connectivity index (χ3v) is 2.08. The number of aliphatic carboxylic acids is 1. The molecule has 0 spiro atoms. The highest BCUT2D eigenvalue weighted by Gasteiger charge is 2.15. The molecule has 0 heterocycles. The molecule has 1 unspecified atom stereocenters. The summed E-state index contributed by atoms with van der Waals surface area (Å²) in [6, 6.07) is 0. The molecule has 0 fully saturated rings. The van der Waals surface area contributed by atoms with Gasteiger partial charge in [0.15, 0.2) is 5.05 Å². The lowest BCUT2D eigenvalue weighted by atomic mass is 10.3. The van der Waals surface area contributed by atoms with Crippen LogP contribution < -0.4 is 0 Å². The molecule has 2 N–H and O–H groups in total. The van der Waals surface area contributed by atoms with Gasteiger partial charge in [-0.3, -0.25) is 4.79 Å². The van der Waals surface area contributed by atoms with Crippen molar-refractivity contribution < 1.29 is 29.2 Å². The second-order valence-electron chi connectivity index (χ2n) is 3.09. The van der Waals surface area contributed by atoms with Crippen molar-refractivity contribution in [1.82, 2.24) is 0 Å². The number of rotatable bonds is 10. The molecule has 0 aromatic rings. The molecule has 6 nitrogen and oxygen atoms in total. The van der Waals surface area contributed by atoms with Gasteiger partial charge in [0, 0.05) is 6.61 Å². The molecule has 0 radical (unpaired) electrons. The van der Waals surface area contributed by atoms with E-state index in [1.807, 2.05) is 6.92 Å². The fraction of sp³-hybridized carbons (Fsp3) is 0.800. The first-order chi connectivity index (χ1) is 8.07. The lowest BCUT2D eigenvalue weighted by Crippen LogP contribution is -2.25. The van der Waals surface area contributed by atoms with Crippen molar-refractivity contribution >= 4 is 23.2 Å². The van der Waals surface area contributed by atoms with Crippen LogP contribution >= 0.6 is 12.2 Å². The summed E-state index contributed by atoms with van der Waals surface area (Å²) in [5.74, 6) is -1.13. The summed E-state index contributed by atoms with van der Waals surface area (Å²) in [6.07, 6.45) is -1.71. The fourth-order valence-corrected chi connectivity index (χ4v) is 1.08. The Labute approximate surface area is 105 Å². The topological polar surface area (TPSA) is 85.2 Å². The van der Waals surface area contributed by atoms with Crippen LogP contribution in [0.25, 0.3) is 0 Å². The van der Waals surface area contributed by atoms with Crippen LogP contribution in [-0.2, 0) is 19.0 Å². The molecule has 0 amide bonds. The van der Waals surface area contributed by atoms with Crippen molar-refractivity contribution in [2.24, 2.45) is 0 Å². The average Bonchev–Trinajstić information content (AvgIpc) is 2.26. The molecule has 0 aromatic heterocycles. The van der Waals surface area contributed by atoms with Crippen molar-refractivity contribution in [3.8, 4) is 0 Å². The normalized spacial score (nSPS) is 12.1. The van der Waals surface area contributed by atoms with E-state index >= 15 is 0 Å². The molecule has 0 aliphatic heterocycles. The number of carboxylic acids is 1. The summed E-state index contributed by atoms with van der Waals surface area (Å²) >= 11 is 4.70. The largest absolute Gasteiger partial charge is 0.482 e. The van der Waals surface area contributed by atoms with E-state index in [1.54, 1.807) is 0 Å². The Morgan fingerprint density at radius 3 is 2.41 bits per heavy atom. The van der Waals surface area contributed by atoms with Crippen LogP contribution in [-0.4, -0.2) is 60.4 Å². The lowest BCUT2D eigenvalue weighted by Gasteiger charge is -2.11. The summed E-state index contributed by atoms with van der Waals surface area (Å²) in [5, 5.41) is 17.5. The average molecular weight is 266 g/mol. The van der Waals surface area contributed by atoms with Gasteiger partial charge in [-0.1, -0.05) is 0 Å². The molecule has 0 bridgehead atoms. The maximum atomic E-state index is 10.3. The quantitative estimate of drug-likeness (QED) is 0.432. The van der Waals surface area contributed by atoms with E-state index in [1.165, 1.54) is 0 Å². The Morgan fingerprint density at radius 2 is 1.82 bits per heavy atom. The number of aliphatic hydroxyl groups is 1.